The molecule has 0 saturated carbocycles. The van der Waals surface area contributed by atoms with Gasteiger partial charge in [-0.2, -0.15) is 0 Å². The topological polar surface area (TPSA) is 38.9 Å². The zero-order valence-corrected chi connectivity index (χ0v) is 8.80. The number of rotatable bonds is 3. The normalized spacial score (nSPS) is 11.7. The van der Waals surface area contributed by atoms with Crippen LogP contribution in [0.3, 0.4) is 0 Å². The largest absolute Gasteiger partial charge is 0.330 e. The molecule has 0 radical (unpaired) electrons. The summed E-state index contributed by atoms with van der Waals surface area (Å²) in [4.78, 5) is 4.02. The molecule has 0 aliphatic carbocycles. The van der Waals surface area contributed by atoms with Crippen molar-refractivity contribution in [2.24, 2.45) is 11.1 Å². The molecule has 0 unspecified atom stereocenters. The van der Waals surface area contributed by atoms with Gasteiger partial charge < -0.3 is 5.73 Å². The molecule has 0 saturated heterocycles. The van der Waals surface area contributed by atoms with Gasteiger partial charge in [-0.1, -0.05) is 31.5 Å². The van der Waals surface area contributed by atoms with Gasteiger partial charge in [-0.05, 0) is 30.0 Å². The lowest BCUT2D eigenvalue weighted by atomic mass is 9.86. The predicted molar refractivity (Wildman–Crippen MR) is 55.8 cm³/mol. The molecule has 0 aliphatic rings. The summed E-state index contributed by atoms with van der Waals surface area (Å²) >= 11 is 5.68. The molecule has 13 heavy (non-hydrogen) atoms. The van der Waals surface area contributed by atoms with Crippen LogP contribution in [0.4, 0.5) is 0 Å². The van der Waals surface area contributed by atoms with Crippen molar-refractivity contribution in [2.45, 2.75) is 20.3 Å². The first-order chi connectivity index (χ1) is 6.03. The van der Waals surface area contributed by atoms with Gasteiger partial charge in [0.2, 0.25) is 0 Å². The van der Waals surface area contributed by atoms with Crippen molar-refractivity contribution in [3.8, 4) is 0 Å². The maximum Gasteiger partial charge on any atom is 0.129 e. The SMILES string of the molecule is CC(C)(CN)Cc1ccc(Cl)nc1. The molecule has 0 aliphatic heterocycles. The van der Waals surface area contributed by atoms with Gasteiger partial charge in [0.15, 0.2) is 0 Å². The Kier molecular flexibility index (Phi) is 3.28. The summed E-state index contributed by atoms with van der Waals surface area (Å²) in [7, 11) is 0. The molecule has 2 N–H and O–H groups in total. The minimum Gasteiger partial charge on any atom is -0.330 e. The van der Waals surface area contributed by atoms with E-state index >= 15 is 0 Å². The summed E-state index contributed by atoms with van der Waals surface area (Å²) in [5.41, 5.74) is 6.95. The highest BCUT2D eigenvalue weighted by Crippen LogP contribution is 2.20. The van der Waals surface area contributed by atoms with Gasteiger partial charge in [-0.25, -0.2) is 4.98 Å². The lowest BCUT2D eigenvalue weighted by molar-refractivity contribution is 0.376. The monoisotopic (exact) mass is 198 g/mol. The Labute approximate surface area is 84.1 Å². The second-order valence-corrected chi connectivity index (χ2v) is 4.42. The van der Waals surface area contributed by atoms with Crippen LogP contribution in [0.5, 0.6) is 0 Å². The summed E-state index contributed by atoms with van der Waals surface area (Å²) < 4.78 is 0. The number of hydrogen-bond acceptors (Lipinski definition) is 2. The third-order valence-electron chi connectivity index (χ3n) is 2.02. The fourth-order valence-electron chi connectivity index (χ4n) is 1.14. The van der Waals surface area contributed by atoms with E-state index < -0.39 is 0 Å². The lowest BCUT2D eigenvalue weighted by Gasteiger charge is -2.21. The number of hydrogen-bond donors (Lipinski definition) is 1. The molecule has 0 atom stereocenters. The summed E-state index contributed by atoms with van der Waals surface area (Å²) in [5.74, 6) is 0. The minimum absolute atomic E-state index is 0.134. The van der Waals surface area contributed by atoms with Gasteiger partial charge in [-0.15, -0.1) is 0 Å². The fourth-order valence-corrected chi connectivity index (χ4v) is 1.25. The number of nitrogens with zero attached hydrogens (tertiary/aromatic N) is 1. The maximum absolute atomic E-state index is 5.68. The molecule has 0 amide bonds. The first kappa shape index (κ1) is 10.5. The molecule has 0 spiro atoms. The van der Waals surface area contributed by atoms with Crippen LogP contribution in [0.25, 0.3) is 0 Å². The van der Waals surface area contributed by atoms with Crippen LogP contribution in [-0.4, -0.2) is 11.5 Å². The van der Waals surface area contributed by atoms with Gasteiger partial charge in [0.05, 0.1) is 0 Å². The molecule has 0 bridgehead atoms. The number of pyridine rings is 1. The average molecular weight is 199 g/mol. The van der Waals surface area contributed by atoms with Crippen molar-refractivity contribution in [2.75, 3.05) is 6.54 Å². The van der Waals surface area contributed by atoms with E-state index in [0.717, 1.165) is 6.42 Å². The van der Waals surface area contributed by atoms with E-state index in [1.807, 2.05) is 12.1 Å². The van der Waals surface area contributed by atoms with E-state index in [2.05, 4.69) is 18.8 Å². The van der Waals surface area contributed by atoms with E-state index in [1.54, 1.807) is 6.20 Å². The van der Waals surface area contributed by atoms with Crippen molar-refractivity contribution >= 4 is 11.6 Å². The Morgan fingerprint density at radius 1 is 1.46 bits per heavy atom. The molecule has 2 nitrogen and oxygen atoms in total. The van der Waals surface area contributed by atoms with E-state index in [0.29, 0.717) is 11.7 Å². The predicted octanol–water partition coefficient (Wildman–Crippen LogP) is 2.26. The van der Waals surface area contributed by atoms with E-state index in [1.165, 1.54) is 5.56 Å². The molecular weight excluding hydrogens is 184 g/mol. The number of halogens is 1. The van der Waals surface area contributed by atoms with Crippen LogP contribution in [-0.2, 0) is 6.42 Å². The van der Waals surface area contributed by atoms with Crippen LogP contribution in [0.15, 0.2) is 18.3 Å². The van der Waals surface area contributed by atoms with E-state index in [9.17, 15) is 0 Å². The second kappa shape index (κ2) is 4.07. The first-order valence-corrected chi connectivity index (χ1v) is 4.72. The summed E-state index contributed by atoms with van der Waals surface area (Å²) in [6.45, 7) is 4.96. The van der Waals surface area contributed by atoms with Crippen molar-refractivity contribution in [1.29, 1.82) is 0 Å². The van der Waals surface area contributed by atoms with Crippen LogP contribution in [0, 0.1) is 5.41 Å². The highest BCUT2D eigenvalue weighted by Gasteiger charge is 2.15. The zero-order chi connectivity index (χ0) is 9.90. The molecule has 1 aromatic heterocycles. The lowest BCUT2D eigenvalue weighted by Crippen LogP contribution is -2.25. The summed E-state index contributed by atoms with van der Waals surface area (Å²) in [5, 5.41) is 0.536. The Morgan fingerprint density at radius 2 is 2.15 bits per heavy atom. The van der Waals surface area contributed by atoms with Gasteiger partial charge in [0.1, 0.15) is 5.15 Å². The van der Waals surface area contributed by atoms with E-state index in [4.69, 9.17) is 17.3 Å². The quantitative estimate of drug-likeness (QED) is 0.757. The van der Waals surface area contributed by atoms with Gasteiger partial charge >= 0.3 is 0 Å². The highest BCUT2D eigenvalue weighted by molar-refractivity contribution is 6.29. The summed E-state index contributed by atoms with van der Waals surface area (Å²) in [6, 6.07) is 3.80. The van der Waals surface area contributed by atoms with Gasteiger partial charge in [0.25, 0.3) is 0 Å². The molecule has 1 aromatic rings. The smallest absolute Gasteiger partial charge is 0.129 e. The first-order valence-electron chi connectivity index (χ1n) is 4.34. The molecule has 0 aromatic carbocycles. The van der Waals surface area contributed by atoms with Crippen LogP contribution in [0.2, 0.25) is 5.15 Å². The Balaban J connectivity index is 2.69. The third-order valence-corrected chi connectivity index (χ3v) is 2.25. The standard InChI is InChI=1S/C10H15ClN2/c1-10(2,7-12)5-8-3-4-9(11)13-6-8/h3-4,6H,5,7,12H2,1-2H3. The molecule has 1 heterocycles. The number of aromatic nitrogens is 1. The zero-order valence-electron chi connectivity index (χ0n) is 8.05. The van der Waals surface area contributed by atoms with Crippen LogP contribution in [0.1, 0.15) is 19.4 Å². The van der Waals surface area contributed by atoms with Crippen molar-refractivity contribution in [1.82, 2.24) is 4.98 Å². The Hall–Kier alpha value is -0.600. The van der Waals surface area contributed by atoms with Gasteiger partial charge in [0, 0.05) is 6.20 Å². The second-order valence-electron chi connectivity index (χ2n) is 4.03. The van der Waals surface area contributed by atoms with E-state index in [-0.39, 0.29) is 5.41 Å². The Bertz CT molecular complexity index is 267. The summed E-state index contributed by atoms with van der Waals surface area (Å²) in [6.07, 6.45) is 2.74. The maximum atomic E-state index is 5.68. The number of nitrogens with two attached hydrogens (primary N) is 1. The highest BCUT2D eigenvalue weighted by atomic mass is 35.5. The average Bonchev–Trinajstić information content (AvgIpc) is 2.09. The molecule has 3 heteroatoms. The molecule has 72 valence electrons. The van der Waals surface area contributed by atoms with Crippen LogP contribution < -0.4 is 5.73 Å². The molecule has 0 fully saturated rings. The minimum atomic E-state index is 0.134. The van der Waals surface area contributed by atoms with Crippen molar-refractivity contribution in [3.05, 3.63) is 29.0 Å². The molecular formula is C10H15ClN2. The molecule has 1 rings (SSSR count). The fraction of sp³-hybridized carbons (Fsp3) is 0.500. The van der Waals surface area contributed by atoms with Gasteiger partial charge in [-0.3, -0.25) is 0 Å². The van der Waals surface area contributed by atoms with Crippen molar-refractivity contribution < 1.29 is 0 Å². The van der Waals surface area contributed by atoms with Crippen molar-refractivity contribution in [3.63, 3.8) is 0 Å². The van der Waals surface area contributed by atoms with Crippen LogP contribution >= 0.6 is 11.6 Å². The third kappa shape index (κ3) is 3.33. The Morgan fingerprint density at radius 3 is 2.62 bits per heavy atom.